The van der Waals surface area contributed by atoms with Gasteiger partial charge in [-0.2, -0.15) is 0 Å². The fourth-order valence-electron chi connectivity index (χ4n) is 1.58. The molecule has 0 saturated heterocycles. The number of aryl methyl sites for hydroxylation is 1. The third-order valence-electron chi connectivity index (χ3n) is 2.48. The predicted molar refractivity (Wildman–Crippen MR) is 62.6 cm³/mol. The van der Waals surface area contributed by atoms with Gasteiger partial charge >= 0.3 is 0 Å². The maximum atomic E-state index is 13.6. The minimum Gasteiger partial charge on any atom is -0.485 e. The maximum absolute atomic E-state index is 13.6. The van der Waals surface area contributed by atoms with Gasteiger partial charge in [-0.3, -0.25) is 0 Å². The first-order valence-corrected chi connectivity index (χ1v) is 5.59. The number of ether oxygens (including phenoxy) is 1. The summed E-state index contributed by atoms with van der Waals surface area (Å²) in [5.74, 6) is 0.467. The molecule has 96 valence electrons. The molecular weight excluding hydrogens is 237 g/mol. The highest BCUT2D eigenvalue weighted by atomic mass is 19.1. The van der Waals surface area contributed by atoms with E-state index in [2.05, 4.69) is 5.16 Å². The highest BCUT2D eigenvalue weighted by Gasteiger charge is 2.09. The van der Waals surface area contributed by atoms with Gasteiger partial charge in [-0.25, -0.2) is 4.39 Å². The van der Waals surface area contributed by atoms with E-state index in [1.807, 2.05) is 6.92 Å². The van der Waals surface area contributed by atoms with Gasteiger partial charge in [-0.05, 0) is 26.0 Å². The van der Waals surface area contributed by atoms with Crippen LogP contribution in [0.5, 0.6) is 5.75 Å². The van der Waals surface area contributed by atoms with Crippen molar-refractivity contribution < 1.29 is 18.8 Å². The predicted octanol–water partition coefficient (Wildman–Crippen LogP) is 2.75. The molecule has 0 unspecified atom stereocenters. The lowest BCUT2D eigenvalue weighted by atomic mass is 10.1. The van der Waals surface area contributed by atoms with Crippen molar-refractivity contribution in [3.05, 3.63) is 47.1 Å². The second kappa shape index (κ2) is 5.18. The minimum absolute atomic E-state index is 0.189. The van der Waals surface area contributed by atoms with Crippen LogP contribution in [0.1, 0.15) is 30.0 Å². The Hall–Kier alpha value is -1.88. The Labute approximate surface area is 104 Å². The van der Waals surface area contributed by atoms with Crippen LogP contribution in [-0.4, -0.2) is 10.3 Å². The summed E-state index contributed by atoms with van der Waals surface area (Å²) in [5, 5.41) is 13.0. The fraction of sp³-hybridized carbons (Fsp3) is 0.308. The Morgan fingerprint density at radius 2 is 2.22 bits per heavy atom. The molecule has 0 radical (unpaired) electrons. The zero-order chi connectivity index (χ0) is 13.1. The number of hydrogen-bond acceptors (Lipinski definition) is 4. The molecule has 1 aromatic carbocycles. The van der Waals surface area contributed by atoms with E-state index in [-0.39, 0.29) is 12.2 Å². The Bertz CT molecular complexity index is 537. The highest BCUT2D eigenvalue weighted by molar-refractivity contribution is 5.30. The monoisotopic (exact) mass is 251 g/mol. The Kier molecular flexibility index (Phi) is 3.62. The summed E-state index contributed by atoms with van der Waals surface area (Å²) in [5.41, 5.74) is 1.02. The molecule has 1 atom stereocenters. The summed E-state index contributed by atoms with van der Waals surface area (Å²) in [7, 11) is 0. The van der Waals surface area contributed by atoms with Crippen LogP contribution in [0.4, 0.5) is 4.39 Å². The maximum Gasteiger partial charge on any atom is 0.174 e. The lowest BCUT2D eigenvalue weighted by molar-refractivity contribution is 0.193. The molecule has 0 aliphatic heterocycles. The summed E-state index contributed by atoms with van der Waals surface area (Å²) < 4.78 is 23.9. The molecule has 0 aliphatic rings. The van der Waals surface area contributed by atoms with Gasteiger partial charge in [0.25, 0.3) is 0 Å². The topological polar surface area (TPSA) is 55.5 Å². The number of hydrogen-bond donors (Lipinski definition) is 1. The highest BCUT2D eigenvalue weighted by Crippen LogP contribution is 2.22. The summed E-state index contributed by atoms with van der Waals surface area (Å²) in [6.45, 7) is 3.51. The smallest absolute Gasteiger partial charge is 0.174 e. The molecule has 0 amide bonds. The standard InChI is InChI=1S/C13H14FNO3/c1-8-5-11(18-15-8)7-17-10-3-4-12(9(2)16)13(14)6-10/h3-6,9,16H,7H2,1-2H3/t9-/m1/s1. The van der Waals surface area contributed by atoms with Gasteiger partial charge in [-0.1, -0.05) is 5.16 Å². The molecule has 2 aromatic rings. The van der Waals surface area contributed by atoms with E-state index in [0.29, 0.717) is 11.5 Å². The van der Waals surface area contributed by atoms with Crippen molar-refractivity contribution in [1.82, 2.24) is 5.16 Å². The van der Waals surface area contributed by atoms with E-state index in [0.717, 1.165) is 5.69 Å². The zero-order valence-electron chi connectivity index (χ0n) is 10.2. The van der Waals surface area contributed by atoms with Gasteiger partial charge in [0.15, 0.2) is 5.76 Å². The van der Waals surface area contributed by atoms with Gasteiger partial charge in [0.05, 0.1) is 11.8 Å². The van der Waals surface area contributed by atoms with Crippen LogP contribution in [-0.2, 0) is 6.61 Å². The number of benzene rings is 1. The fourth-order valence-corrected chi connectivity index (χ4v) is 1.58. The average molecular weight is 251 g/mol. The molecule has 0 fully saturated rings. The molecular formula is C13H14FNO3. The van der Waals surface area contributed by atoms with Crippen molar-refractivity contribution in [1.29, 1.82) is 0 Å². The first kappa shape index (κ1) is 12.6. The van der Waals surface area contributed by atoms with Gasteiger partial charge < -0.3 is 14.4 Å². The van der Waals surface area contributed by atoms with E-state index >= 15 is 0 Å². The Balaban J connectivity index is 2.04. The van der Waals surface area contributed by atoms with E-state index < -0.39 is 11.9 Å². The molecule has 0 spiro atoms. The number of rotatable bonds is 4. The van der Waals surface area contributed by atoms with Crippen LogP contribution in [0.2, 0.25) is 0 Å². The second-order valence-electron chi connectivity index (χ2n) is 4.08. The summed E-state index contributed by atoms with van der Waals surface area (Å²) in [4.78, 5) is 0. The third-order valence-corrected chi connectivity index (χ3v) is 2.48. The van der Waals surface area contributed by atoms with Gasteiger partial charge in [0, 0.05) is 17.7 Å². The van der Waals surface area contributed by atoms with Gasteiger partial charge in [0.1, 0.15) is 18.2 Å². The lowest BCUT2D eigenvalue weighted by Crippen LogP contribution is -1.98. The first-order chi connectivity index (χ1) is 8.56. The van der Waals surface area contributed by atoms with E-state index in [1.165, 1.54) is 19.1 Å². The SMILES string of the molecule is Cc1cc(COc2ccc([C@@H](C)O)c(F)c2)on1. The van der Waals surface area contributed by atoms with Crippen molar-refractivity contribution in [2.24, 2.45) is 0 Å². The van der Waals surface area contributed by atoms with Crippen molar-refractivity contribution in [3.8, 4) is 5.75 Å². The number of halogens is 1. The molecule has 1 heterocycles. The summed E-state index contributed by atoms with van der Waals surface area (Å²) >= 11 is 0. The number of aliphatic hydroxyl groups is 1. The minimum atomic E-state index is -0.837. The quantitative estimate of drug-likeness (QED) is 0.907. The first-order valence-electron chi connectivity index (χ1n) is 5.59. The van der Waals surface area contributed by atoms with Crippen LogP contribution < -0.4 is 4.74 Å². The van der Waals surface area contributed by atoms with Crippen molar-refractivity contribution in [2.75, 3.05) is 0 Å². The Morgan fingerprint density at radius 3 is 2.78 bits per heavy atom. The van der Waals surface area contributed by atoms with Gasteiger partial charge in [-0.15, -0.1) is 0 Å². The molecule has 0 saturated carbocycles. The molecule has 2 rings (SSSR count). The van der Waals surface area contributed by atoms with Crippen LogP contribution in [0.3, 0.4) is 0 Å². The van der Waals surface area contributed by atoms with Crippen LogP contribution in [0, 0.1) is 12.7 Å². The van der Waals surface area contributed by atoms with Gasteiger partial charge in [0.2, 0.25) is 0 Å². The number of aromatic nitrogens is 1. The number of nitrogens with zero attached hydrogens (tertiary/aromatic N) is 1. The molecule has 1 aromatic heterocycles. The van der Waals surface area contributed by atoms with Crippen molar-refractivity contribution in [2.45, 2.75) is 26.6 Å². The molecule has 1 N–H and O–H groups in total. The Morgan fingerprint density at radius 1 is 1.44 bits per heavy atom. The molecule has 0 aliphatic carbocycles. The van der Waals surface area contributed by atoms with Crippen LogP contribution in [0.25, 0.3) is 0 Å². The zero-order valence-corrected chi connectivity index (χ0v) is 10.2. The largest absolute Gasteiger partial charge is 0.485 e. The van der Waals surface area contributed by atoms with Crippen LogP contribution >= 0.6 is 0 Å². The molecule has 4 nitrogen and oxygen atoms in total. The van der Waals surface area contributed by atoms with E-state index in [9.17, 15) is 9.50 Å². The average Bonchev–Trinajstić information content (AvgIpc) is 2.72. The normalized spacial score (nSPS) is 12.4. The lowest BCUT2D eigenvalue weighted by Gasteiger charge is -2.08. The summed E-state index contributed by atoms with van der Waals surface area (Å²) in [6.07, 6.45) is -0.837. The molecule has 0 bridgehead atoms. The van der Waals surface area contributed by atoms with E-state index in [4.69, 9.17) is 9.26 Å². The molecule has 5 heteroatoms. The van der Waals surface area contributed by atoms with Crippen LogP contribution in [0.15, 0.2) is 28.8 Å². The number of aliphatic hydroxyl groups excluding tert-OH is 1. The third kappa shape index (κ3) is 2.87. The van der Waals surface area contributed by atoms with E-state index in [1.54, 1.807) is 12.1 Å². The second-order valence-corrected chi connectivity index (χ2v) is 4.08. The van der Waals surface area contributed by atoms with Crippen molar-refractivity contribution in [3.63, 3.8) is 0 Å². The van der Waals surface area contributed by atoms with Crippen molar-refractivity contribution >= 4 is 0 Å². The molecule has 18 heavy (non-hydrogen) atoms. The summed E-state index contributed by atoms with van der Waals surface area (Å²) in [6, 6.07) is 6.10.